The number of nitrogens with two attached hydrogens (primary N) is 1. The van der Waals surface area contributed by atoms with Gasteiger partial charge in [0, 0.05) is 58.1 Å². The number of ketones is 1. The van der Waals surface area contributed by atoms with Crippen molar-refractivity contribution >= 4 is 5.78 Å². The number of rotatable bonds is 4. The molecule has 0 aromatic carbocycles. The molecule has 0 aromatic heterocycles. The van der Waals surface area contributed by atoms with Crippen LogP contribution >= 0.6 is 0 Å². The second-order valence-electron chi connectivity index (χ2n) is 17.4. The number of carbonyl (C=O) groups is 1. The predicted octanol–water partition coefficient (Wildman–Crippen LogP) is 3.44. The third-order valence-electron chi connectivity index (χ3n) is 14.0. The lowest BCUT2D eigenvalue weighted by atomic mass is 9.81. The van der Waals surface area contributed by atoms with E-state index in [4.69, 9.17) is 48.4 Å². The Morgan fingerprint density at radius 1 is 0.808 bits per heavy atom. The first-order valence-electron chi connectivity index (χ1n) is 20.2. The van der Waals surface area contributed by atoms with Crippen LogP contribution in [0.5, 0.6) is 0 Å². The van der Waals surface area contributed by atoms with Gasteiger partial charge in [0.15, 0.2) is 5.79 Å². The van der Waals surface area contributed by atoms with Crippen LogP contribution in [0.15, 0.2) is 24.3 Å². The van der Waals surface area contributed by atoms with Crippen LogP contribution in [0.3, 0.4) is 0 Å². The summed E-state index contributed by atoms with van der Waals surface area (Å²) >= 11 is 0. The van der Waals surface area contributed by atoms with E-state index >= 15 is 0 Å². The molecule has 19 atom stereocenters. The highest BCUT2D eigenvalue weighted by atomic mass is 16.8. The maximum Gasteiger partial charge on any atom is 0.172 e. The number of aliphatic hydroxyl groups is 1. The molecule has 0 aliphatic carbocycles. The molecule has 10 rings (SSSR count). The molecule has 52 heavy (non-hydrogen) atoms. The third kappa shape index (κ3) is 6.59. The number of Topliss-reactive ketones (excluding diaryl/α,β-unsaturated/α-hetero) is 1. The normalized spacial score (nSPS) is 52.4. The van der Waals surface area contributed by atoms with Gasteiger partial charge in [0.2, 0.25) is 0 Å². The van der Waals surface area contributed by atoms with Crippen molar-refractivity contribution in [2.45, 2.75) is 194 Å². The van der Waals surface area contributed by atoms with Crippen LogP contribution in [0.25, 0.3) is 0 Å². The summed E-state index contributed by atoms with van der Waals surface area (Å²) in [6.45, 7) is 11.3. The first kappa shape index (κ1) is 36.4. The van der Waals surface area contributed by atoms with Gasteiger partial charge in [-0.3, -0.25) is 4.79 Å². The van der Waals surface area contributed by atoms with Crippen molar-refractivity contribution in [2.24, 2.45) is 17.6 Å². The molecule has 12 bridgehead atoms. The number of fused-ring (bicyclic) bond motifs is 6. The van der Waals surface area contributed by atoms with Crippen molar-refractivity contribution in [3.63, 3.8) is 0 Å². The van der Waals surface area contributed by atoms with E-state index in [0.29, 0.717) is 25.7 Å². The van der Waals surface area contributed by atoms with Crippen LogP contribution in [0.4, 0.5) is 0 Å². The summed E-state index contributed by atoms with van der Waals surface area (Å²) in [5.74, 6) is -0.619. The summed E-state index contributed by atoms with van der Waals surface area (Å²) in [5, 5.41) is 10.5. The molecule has 10 heterocycles. The molecule has 10 aliphatic heterocycles. The topological polar surface area (TPSA) is 146 Å². The number of aliphatic hydroxyl groups excluding tert-OH is 1. The van der Waals surface area contributed by atoms with Crippen LogP contribution in [-0.4, -0.2) is 128 Å². The van der Waals surface area contributed by atoms with Gasteiger partial charge < -0.3 is 53.5 Å². The van der Waals surface area contributed by atoms with Crippen molar-refractivity contribution < 1.29 is 52.5 Å². The van der Waals surface area contributed by atoms with E-state index in [0.717, 1.165) is 56.1 Å². The highest BCUT2D eigenvalue weighted by molar-refractivity contribution is 5.79. The fraction of sp³-hybridized carbons (Fsp3) is 0.875. The van der Waals surface area contributed by atoms with Crippen molar-refractivity contribution in [3.8, 4) is 0 Å². The van der Waals surface area contributed by atoms with Crippen LogP contribution in [0.1, 0.15) is 90.4 Å². The molecular formula is C40H59NO11. The first-order valence-corrected chi connectivity index (χ1v) is 20.2. The number of methoxy groups -OCH3 is 1. The van der Waals surface area contributed by atoms with E-state index in [1.165, 1.54) is 0 Å². The molecule has 10 aliphatic rings. The van der Waals surface area contributed by atoms with E-state index in [9.17, 15) is 9.90 Å². The fourth-order valence-corrected chi connectivity index (χ4v) is 11.3. The third-order valence-corrected chi connectivity index (χ3v) is 14.0. The molecular weight excluding hydrogens is 670 g/mol. The summed E-state index contributed by atoms with van der Waals surface area (Å²) in [7, 11) is 1.66. The molecule has 12 heteroatoms. The molecule has 0 unspecified atom stereocenters. The van der Waals surface area contributed by atoms with Crippen LogP contribution in [0, 0.1) is 11.8 Å². The molecule has 1 spiro atoms. The molecule has 12 nitrogen and oxygen atoms in total. The van der Waals surface area contributed by atoms with Crippen molar-refractivity contribution in [2.75, 3.05) is 13.7 Å². The largest absolute Gasteiger partial charge is 0.392 e. The molecule has 0 aromatic rings. The fourth-order valence-electron chi connectivity index (χ4n) is 11.3. The molecule has 0 radical (unpaired) electrons. The average Bonchev–Trinajstić information content (AvgIpc) is 3.79. The average molecular weight is 730 g/mol. The van der Waals surface area contributed by atoms with Crippen LogP contribution in [-0.2, 0) is 47.4 Å². The Bertz CT molecular complexity index is 1380. The van der Waals surface area contributed by atoms with Crippen LogP contribution in [0.2, 0.25) is 0 Å². The molecule has 3 N–H and O–H groups in total. The maximum absolute atomic E-state index is 14.1. The number of hydrogen-bond acceptors (Lipinski definition) is 12. The molecule has 10 saturated heterocycles. The van der Waals surface area contributed by atoms with Crippen molar-refractivity contribution in [3.05, 3.63) is 24.3 Å². The van der Waals surface area contributed by atoms with Gasteiger partial charge in [0.1, 0.15) is 36.3 Å². The van der Waals surface area contributed by atoms with E-state index < -0.39 is 18.0 Å². The van der Waals surface area contributed by atoms with Gasteiger partial charge in [-0.15, -0.1) is 0 Å². The molecule has 0 amide bonds. The minimum absolute atomic E-state index is 0.0158. The Hall–Kier alpha value is -1.29. The standard InChI is InChI=1S/C40H59NO11/c1-19-11-24-5-7-28-20(2)12-26(45-28)9-10-40-17-33-36(51-40)37-38(50-33)39(52-40)35-29(49-37)8-6-25(47-35)13-22(42)14-27-31(16-30(46-24)21(19)3)48-32(34(27)44-4)15-23(43)18-41/h19,23-39,43H,2-3,5-18,41H2,1,4H3/t19-,23+,24+,25+,26+,27+,28+,29+,30-,31+,32-,33-,34-,35+,36+,37+,38-,39+,40+/m1/s1. The Morgan fingerprint density at radius 2 is 1.56 bits per heavy atom. The highest BCUT2D eigenvalue weighted by Gasteiger charge is 2.68. The maximum atomic E-state index is 14.1. The minimum atomic E-state index is -0.780. The summed E-state index contributed by atoms with van der Waals surface area (Å²) in [5.41, 5.74) is 8.01. The smallest absolute Gasteiger partial charge is 0.172 e. The lowest BCUT2D eigenvalue weighted by Gasteiger charge is -2.47. The first-order chi connectivity index (χ1) is 25.1. The van der Waals surface area contributed by atoms with Crippen LogP contribution < -0.4 is 5.73 Å². The van der Waals surface area contributed by atoms with Gasteiger partial charge in [-0.05, 0) is 62.0 Å². The summed E-state index contributed by atoms with van der Waals surface area (Å²) in [4.78, 5) is 14.1. The second-order valence-corrected chi connectivity index (χ2v) is 17.4. The van der Waals surface area contributed by atoms with E-state index in [2.05, 4.69) is 20.1 Å². The van der Waals surface area contributed by atoms with Gasteiger partial charge in [-0.1, -0.05) is 20.1 Å². The monoisotopic (exact) mass is 729 g/mol. The van der Waals surface area contributed by atoms with Gasteiger partial charge in [0.25, 0.3) is 0 Å². The van der Waals surface area contributed by atoms with E-state index in [1.807, 2.05) is 0 Å². The Kier molecular flexibility index (Phi) is 10.0. The Morgan fingerprint density at radius 3 is 2.38 bits per heavy atom. The van der Waals surface area contributed by atoms with Gasteiger partial charge in [-0.2, -0.15) is 0 Å². The van der Waals surface area contributed by atoms with Gasteiger partial charge in [-0.25, -0.2) is 0 Å². The number of carbonyl (C=O) groups excluding carboxylic acids is 1. The van der Waals surface area contributed by atoms with E-state index in [1.54, 1.807) is 7.11 Å². The zero-order valence-electron chi connectivity index (χ0n) is 30.8. The van der Waals surface area contributed by atoms with Gasteiger partial charge in [0.05, 0.1) is 67.1 Å². The summed E-state index contributed by atoms with van der Waals surface area (Å²) in [6, 6.07) is 0. The van der Waals surface area contributed by atoms with E-state index in [-0.39, 0.29) is 122 Å². The van der Waals surface area contributed by atoms with Gasteiger partial charge >= 0.3 is 0 Å². The lowest BCUT2D eigenvalue weighted by Crippen LogP contribution is -2.61. The molecule has 290 valence electrons. The zero-order chi connectivity index (χ0) is 35.9. The number of hydrogen-bond donors (Lipinski definition) is 2. The SMILES string of the molecule is C=C1C[C@@H]2CC[C@@]34C[C@H]5O[C@H]6[C@@H](O3)[C@H]3O[C@@H](CC[C@@H]3O[C@H]6[C@H]5O4)CC(=O)C[C@@H]3[C@@H](OC)[C@@H](C[C@H](O)CN)O[C@H]3C[C@H]3O[C@@H](CC[C@@H]1O2)C[C@@H](C)C3=C. The zero-order valence-corrected chi connectivity index (χ0v) is 30.8. The molecule has 0 saturated carbocycles. The molecule has 10 fully saturated rings. The quantitative estimate of drug-likeness (QED) is 0.409. The minimum Gasteiger partial charge on any atom is -0.392 e. The highest BCUT2D eigenvalue weighted by Crippen LogP contribution is 2.54. The Balaban J connectivity index is 0.994. The Labute approximate surface area is 307 Å². The second kappa shape index (κ2) is 14.3. The predicted molar refractivity (Wildman–Crippen MR) is 186 cm³/mol. The number of ether oxygens (including phenoxy) is 9. The van der Waals surface area contributed by atoms with Crippen molar-refractivity contribution in [1.82, 2.24) is 0 Å². The van der Waals surface area contributed by atoms with Crippen molar-refractivity contribution in [1.29, 1.82) is 0 Å². The lowest BCUT2D eigenvalue weighted by molar-refractivity contribution is -0.292. The summed E-state index contributed by atoms with van der Waals surface area (Å²) < 4.78 is 60.0. The summed E-state index contributed by atoms with van der Waals surface area (Å²) in [6.07, 6.45) is 4.85.